The summed E-state index contributed by atoms with van der Waals surface area (Å²) < 4.78 is 2.23. The zero-order valence-electron chi connectivity index (χ0n) is 14.1. The second-order valence-corrected chi connectivity index (χ2v) is 7.90. The van der Waals surface area contributed by atoms with Crippen molar-refractivity contribution >= 4 is 29.0 Å². The van der Waals surface area contributed by atoms with E-state index in [1.54, 1.807) is 28.4 Å². The maximum Gasteiger partial charge on any atom is 0.233 e. The third kappa shape index (κ3) is 4.61. The average Bonchev–Trinajstić information content (AvgIpc) is 3.16. The van der Waals surface area contributed by atoms with Crippen LogP contribution in [0.5, 0.6) is 0 Å². The summed E-state index contributed by atoms with van der Waals surface area (Å²) in [6.45, 7) is 8.48. The topological polar surface area (TPSA) is 51.0 Å². The molecule has 1 aliphatic carbocycles. The van der Waals surface area contributed by atoms with E-state index >= 15 is 0 Å². The lowest BCUT2D eigenvalue weighted by atomic mass is 10.3. The maximum atomic E-state index is 12.4. The molecule has 0 aliphatic heterocycles. The normalized spacial score (nSPS) is 13.6. The molecule has 132 valence electrons. The van der Waals surface area contributed by atoms with E-state index in [0.29, 0.717) is 24.9 Å². The highest BCUT2D eigenvalue weighted by Crippen LogP contribution is 2.39. The van der Waals surface area contributed by atoms with Crippen LogP contribution in [0.2, 0.25) is 0 Å². The Labute approximate surface area is 156 Å². The first-order chi connectivity index (χ1) is 12.2. The van der Waals surface area contributed by atoms with Crippen LogP contribution in [0.3, 0.4) is 0 Å². The minimum Gasteiger partial charge on any atom is -0.335 e. The number of carbonyl (C=O) groups excluding carboxylic acids is 1. The molecular weight excluding hydrogens is 352 g/mol. The molecule has 25 heavy (non-hydrogen) atoms. The maximum absolute atomic E-state index is 12.4. The summed E-state index contributed by atoms with van der Waals surface area (Å²) >= 11 is 3.20. The van der Waals surface area contributed by atoms with E-state index in [9.17, 15) is 4.79 Å². The minimum absolute atomic E-state index is 0.0648. The Balaban J connectivity index is 1.68. The van der Waals surface area contributed by atoms with Gasteiger partial charge in [0.25, 0.3) is 0 Å². The minimum atomic E-state index is 0.0648. The van der Waals surface area contributed by atoms with Gasteiger partial charge < -0.3 is 9.47 Å². The smallest absolute Gasteiger partial charge is 0.233 e. The number of hydrogen-bond acceptors (Lipinski definition) is 5. The molecule has 2 aromatic heterocycles. The number of carbonyl (C=O) groups is 1. The van der Waals surface area contributed by atoms with Crippen LogP contribution in [0.4, 0.5) is 0 Å². The molecular formula is C18H22N4OS2. The zero-order valence-corrected chi connectivity index (χ0v) is 15.8. The Bertz CT molecular complexity index is 724. The second-order valence-electron chi connectivity index (χ2n) is 5.92. The Kier molecular flexibility index (Phi) is 6.09. The number of thiophene rings is 1. The van der Waals surface area contributed by atoms with E-state index in [1.807, 2.05) is 0 Å². The molecule has 0 bridgehead atoms. The molecule has 0 radical (unpaired) electrons. The lowest BCUT2D eigenvalue weighted by Crippen LogP contribution is -2.32. The highest BCUT2D eigenvalue weighted by atomic mass is 32.2. The Hall–Kier alpha value is -1.86. The quantitative estimate of drug-likeness (QED) is 0.471. The van der Waals surface area contributed by atoms with Gasteiger partial charge in [0.05, 0.1) is 5.75 Å². The molecule has 2 aromatic rings. The summed E-state index contributed by atoms with van der Waals surface area (Å²) in [4.78, 5) is 15.4. The van der Waals surface area contributed by atoms with Crippen molar-refractivity contribution in [3.8, 4) is 0 Å². The molecule has 5 nitrogen and oxygen atoms in total. The van der Waals surface area contributed by atoms with E-state index in [2.05, 4.69) is 45.4 Å². The lowest BCUT2D eigenvalue weighted by Gasteiger charge is -2.18. The molecule has 0 unspecified atom stereocenters. The van der Waals surface area contributed by atoms with Crippen LogP contribution >= 0.6 is 23.1 Å². The van der Waals surface area contributed by atoms with E-state index in [4.69, 9.17) is 0 Å². The van der Waals surface area contributed by atoms with Crippen LogP contribution < -0.4 is 0 Å². The molecule has 0 atom stereocenters. The van der Waals surface area contributed by atoms with Gasteiger partial charge in [0.1, 0.15) is 5.82 Å². The third-order valence-corrected chi connectivity index (χ3v) is 5.74. The summed E-state index contributed by atoms with van der Waals surface area (Å²) in [5, 5.41) is 11.7. The Morgan fingerprint density at radius 1 is 1.36 bits per heavy atom. The van der Waals surface area contributed by atoms with Gasteiger partial charge in [-0.3, -0.25) is 4.79 Å². The van der Waals surface area contributed by atoms with Gasteiger partial charge in [-0.15, -0.1) is 34.7 Å². The first kappa shape index (κ1) is 17.9. The summed E-state index contributed by atoms with van der Waals surface area (Å²) in [6.07, 6.45) is 6.59. The van der Waals surface area contributed by atoms with Crippen molar-refractivity contribution in [1.29, 1.82) is 0 Å². The number of nitrogens with zero attached hydrogens (tertiary/aromatic N) is 4. The molecule has 3 rings (SSSR count). The molecule has 1 aliphatic rings. The molecule has 1 fully saturated rings. The summed E-state index contributed by atoms with van der Waals surface area (Å²) in [7, 11) is 0. The van der Waals surface area contributed by atoms with Crippen LogP contribution in [0.25, 0.3) is 0 Å². The van der Waals surface area contributed by atoms with Crippen molar-refractivity contribution < 1.29 is 4.79 Å². The Morgan fingerprint density at radius 2 is 2.12 bits per heavy atom. The SMILES string of the molecule is C=CCN(CC=C)C(=O)CSc1nnc(Cc2cccs2)n1C1CC1. The van der Waals surface area contributed by atoms with Crippen molar-refractivity contribution in [3.05, 3.63) is 53.5 Å². The summed E-state index contributed by atoms with van der Waals surface area (Å²) in [5.41, 5.74) is 0. The number of rotatable bonds is 10. The monoisotopic (exact) mass is 374 g/mol. The van der Waals surface area contributed by atoms with Gasteiger partial charge in [-0.2, -0.15) is 0 Å². The summed E-state index contributed by atoms with van der Waals surface area (Å²) in [6, 6.07) is 4.66. The number of aromatic nitrogens is 3. The standard InChI is InChI=1S/C18H22N4OS2/c1-3-9-21(10-4-2)17(23)13-25-18-20-19-16(22(18)14-7-8-14)12-15-6-5-11-24-15/h3-6,11,14H,1-2,7-10,12-13H2. The van der Waals surface area contributed by atoms with Crippen LogP contribution in [0, 0.1) is 0 Å². The van der Waals surface area contributed by atoms with E-state index in [-0.39, 0.29) is 5.91 Å². The highest BCUT2D eigenvalue weighted by molar-refractivity contribution is 7.99. The number of hydrogen-bond donors (Lipinski definition) is 0. The van der Waals surface area contributed by atoms with Crippen molar-refractivity contribution in [2.45, 2.75) is 30.5 Å². The van der Waals surface area contributed by atoms with Gasteiger partial charge in [0.2, 0.25) is 5.91 Å². The molecule has 1 amide bonds. The average molecular weight is 375 g/mol. The third-order valence-electron chi connectivity index (χ3n) is 3.94. The van der Waals surface area contributed by atoms with Gasteiger partial charge in [-0.05, 0) is 24.3 Å². The van der Waals surface area contributed by atoms with Crippen LogP contribution in [0.1, 0.15) is 29.6 Å². The van der Waals surface area contributed by atoms with Crippen molar-refractivity contribution in [2.24, 2.45) is 0 Å². The van der Waals surface area contributed by atoms with E-state index in [0.717, 1.165) is 30.2 Å². The fourth-order valence-electron chi connectivity index (χ4n) is 2.60. The van der Waals surface area contributed by atoms with Crippen LogP contribution in [0.15, 0.2) is 48.0 Å². The first-order valence-electron chi connectivity index (χ1n) is 8.31. The lowest BCUT2D eigenvalue weighted by molar-refractivity contribution is -0.127. The number of amides is 1. The fraction of sp³-hybridized carbons (Fsp3) is 0.389. The van der Waals surface area contributed by atoms with E-state index in [1.165, 1.54) is 16.6 Å². The Morgan fingerprint density at radius 3 is 2.72 bits per heavy atom. The zero-order chi connectivity index (χ0) is 17.6. The molecule has 0 aromatic carbocycles. The van der Waals surface area contributed by atoms with E-state index < -0.39 is 0 Å². The largest absolute Gasteiger partial charge is 0.335 e. The predicted molar refractivity (Wildman–Crippen MR) is 103 cm³/mol. The predicted octanol–water partition coefficient (Wildman–Crippen LogP) is 3.56. The van der Waals surface area contributed by atoms with Crippen molar-refractivity contribution in [1.82, 2.24) is 19.7 Å². The molecule has 7 heteroatoms. The van der Waals surface area contributed by atoms with Gasteiger partial charge >= 0.3 is 0 Å². The van der Waals surface area contributed by atoms with Gasteiger partial charge in [-0.25, -0.2) is 0 Å². The van der Waals surface area contributed by atoms with Gasteiger partial charge in [0.15, 0.2) is 5.16 Å². The van der Waals surface area contributed by atoms with Crippen molar-refractivity contribution in [3.63, 3.8) is 0 Å². The first-order valence-corrected chi connectivity index (χ1v) is 10.2. The van der Waals surface area contributed by atoms with Crippen LogP contribution in [-0.4, -0.2) is 44.4 Å². The molecule has 0 N–H and O–H groups in total. The summed E-state index contributed by atoms with van der Waals surface area (Å²) in [5.74, 6) is 1.41. The fourth-order valence-corrected chi connectivity index (χ4v) is 4.23. The molecule has 2 heterocycles. The molecule has 0 spiro atoms. The van der Waals surface area contributed by atoms with Gasteiger partial charge in [0, 0.05) is 30.4 Å². The molecule has 0 saturated heterocycles. The number of thioether (sulfide) groups is 1. The van der Waals surface area contributed by atoms with Crippen LogP contribution in [-0.2, 0) is 11.2 Å². The van der Waals surface area contributed by atoms with Gasteiger partial charge in [-0.1, -0.05) is 30.0 Å². The second kappa shape index (κ2) is 8.49. The highest BCUT2D eigenvalue weighted by Gasteiger charge is 2.30. The molecule has 1 saturated carbocycles. The van der Waals surface area contributed by atoms with Crippen molar-refractivity contribution in [2.75, 3.05) is 18.8 Å².